The van der Waals surface area contributed by atoms with E-state index in [1.165, 1.54) is 7.11 Å². The Morgan fingerprint density at radius 1 is 1.86 bits per heavy atom. The lowest BCUT2D eigenvalue weighted by atomic mass is 11.5. The Morgan fingerprint density at radius 3 is 2.57 bits per heavy atom. The zero-order chi connectivity index (χ0) is 5.70. The summed E-state index contributed by atoms with van der Waals surface area (Å²) >= 11 is 3.69. The molecule has 0 aromatic rings. The fraction of sp³-hybridized carbons (Fsp3) is 0.500. The third-order valence-electron chi connectivity index (χ3n) is 0.272. The molecule has 0 aromatic heterocycles. The lowest BCUT2D eigenvalue weighted by molar-refractivity contribution is 0.200. The van der Waals surface area contributed by atoms with Crippen LogP contribution in [0.5, 0.6) is 0 Å². The normalized spacial score (nSPS) is 8.29. The van der Waals surface area contributed by atoms with E-state index in [9.17, 15) is 4.79 Å². The van der Waals surface area contributed by atoms with E-state index in [1.54, 1.807) is 0 Å². The molecule has 0 aliphatic carbocycles. The molecule has 0 atom stereocenters. The van der Waals surface area contributed by atoms with Gasteiger partial charge in [0, 0.05) is 10.8 Å². The molecule has 0 aliphatic heterocycles. The van der Waals surface area contributed by atoms with Gasteiger partial charge in [0.15, 0.2) is 0 Å². The van der Waals surface area contributed by atoms with Crippen molar-refractivity contribution in [2.45, 2.75) is 0 Å². The van der Waals surface area contributed by atoms with E-state index in [0.717, 1.165) is 20.6 Å². The zero-order valence-corrected chi connectivity index (χ0v) is 6.11. The van der Waals surface area contributed by atoms with Crippen LogP contribution in [0.2, 0.25) is 0 Å². The number of rotatable bonds is 1. The standard InChI is InChI=1S/C2H4O2S3/c1-4-2(3)6-7-5/h5H,1H3. The van der Waals surface area contributed by atoms with Crippen LogP contribution in [-0.2, 0) is 4.74 Å². The lowest BCUT2D eigenvalue weighted by Crippen LogP contribution is -1.84. The second-order valence-electron chi connectivity index (χ2n) is 0.612. The quantitative estimate of drug-likeness (QED) is 0.357. The van der Waals surface area contributed by atoms with Gasteiger partial charge in [0.05, 0.1) is 7.11 Å². The number of thiol groups is 1. The highest BCUT2D eigenvalue weighted by Gasteiger charge is 1.95. The second kappa shape index (κ2) is 4.67. The minimum absolute atomic E-state index is 0.319. The van der Waals surface area contributed by atoms with Gasteiger partial charge in [-0.2, -0.15) is 0 Å². The van der Waals surface area contributed by atoms with Crippen LogP contribution < -0.4 is 0 Å². The highest BCUT2D eigenvalue weighted by molar-refractivity contribution is 9.08. The van der Waals surface area contributed by atoms with Gasteiger partial charge in [0.25, 0.3) is 0 Å². The average Bonchev–Trinajstić information content (AvgIpc) is 1.68. The fourth-order valence-electron chi connectivity index (χ4n) is 0.0644. The van der Waals surface area contributed by atoms with Gasteiger partial charge >= 0.3 is 5.30 Å². The van der Waals surface area contributed by atoms with Gasteiger partial charge in [-0.25, -0.2) is 4.79 Å². The van der Waals surface area contributed by atoms with Gasteiger partial charge in [-0.1, -0.05) is 11.7 Å². The van der Waals surface area contributed by atoms with Gasteiger partial charge in [-0.15, -0.1) is 0 Å². The van der Waals surface area contributed by atoms with E-state index < -0.39 is 0 Å². The summed E-state index contributed by atoms with van der Waals surface area (Å²) in [5, 5.41) is -0.319. The van der Waals surface area contributed by atoms with Crippen molar-refractivity contribution in [3.05, 3.63) is 0 Å². The molecular weight excluding hydrogens is 152 g/mol. The predicted molar refractivity (Wildman–Crippen MR) is 36.6 cm³/mol. The first-order valence-corrected chi connectivity index (χ1v) is 4.57. The Labute approximate surface area is 54.6 Å². The van der Waals surface area contributed by atoms with Crippen LogP contribution in [0.15, 0.2) is 0 Å². The highest BCUT2D eigenvalue weighted by Crippen LogP contribution is 2.25. The molecule has 0 amide bonds. The number of ether oxygens (including phenoxy) is 1. The Balaban J connectivity index is 3.00. The molecule has 0 aliphatic rings. The third-order valence-corrected chi connectivity index (χ3v) is 1.95. The number of hydrogen-bond donors (Lipinski definition) is 1. The first kappa shape index (κ1) is 7.52. The summed E-state index contributed by atoms with van der Waals surface area (Å²) < 4.78 is 4.24. The summed E-state index contributed by atoms with van der Waals surface area (Å²) in [6.07, 6.45) is 0. The average molecular weight is 156 g/mol. The van der Waals surface area contributed by atoms with Gasteiger partial charge < -0.3 is 4.74 Å². The summed E-state index contributed by atoms with van der Waals surface area (Å²) in [5.41, 5.74) is 0. The van der Waals surface area contributed by atoms with E-state index in [2.05, 4.69) is 16.4 Å². The predicted octanol–water partition coefficient (Wildman–Crippen LogP) is 1.98. The van der Waals surface area contributed by atoms with Crippen molar-refractivity contribution < 1.29 is 9.53 Å². The van der Waals surface area contributed by atoms with Gasteiger partial charge in [0.2, 0.25) is 0 Å². The van der Waals surface area contributed by atoms with E-state index in [0.29, 0.717) is 0 Å². The van der Waals surface area contributed by atoms with Crippen molar-refractivity contribution in [1.82, 2.24) is 0 Å². The molecule has 0 rings (SSSR count). The lowest BCUT2D eigenvalue weighted by Gasteiger charge is -1.88. The summed E-state index contributed by atoms with van der Waals surface area (Å²) in [6.45, 7) is 0. The van der Waals surface area contributed by atoms with Crippen LogP contribution >= 0.6 is 32.3 Å². The molecule has 0 N–H and O–H groups in total. The first-order chi connectivity index (χ1) is 3.31. The van der Waals surface area contributed by atoms with Gasteiger partial charge in [-0.05, 0) is 9.83 Å². The molecule has 0 saturated heterocycles. The number of methoxy groups -OCH3 is 1. The summed E-state index contributed by atoms with van der Waals surface area (Å²) in [7, 11) is 3.35. The SMILES string of the molecule is COC(=O)SSS. The van der Waals surface area contributed by atoms with Crippen LogP contribution in [0.25, 0.3) is 0 Å². The van der Waals surface area contributed by atoms with E-state index in [1.807, 2.05) is 0 Å². The Hall–Kier alpha value is 0.520. The smallest absolute Gasteiger partial charge is 0.378 e. The third kappa shape index (κ3) is 4.37. The van der Waals surface area contributed by atoms with Crippen molar-refractivity contribution in [3.63, 3.8) is 0 Å². The van der Waals surface area contributed by atoms with Crippen molar-refractivity contribution in [2.24, 2.45) is 0 Å². The molecule has 0 fully saturated rings. The van der Waals surface area contributed by atoms with E-state index in [4.69, 9.17) is 0 Å². The van der Waals surface area contributed by atoms with Crippen molar-refractivity contribution in [1.29, 1.82) is 0 Å². The molecule has 0 spiro atoms. The summed E-state index contributed by atoms with van der Waals surface area (Å²) in [4.78, 5) is 10.1. The molecule has 0 saturated carbocycles. The van der Waals surface area contributed by atoms with Crippen molar-refractivity contribution in [3.8, 4) is 0 Å². The Bertz CT molecular complexity index is 64.0. The van der Waals surface area contributed by atoms with Crippen LogP contribution in [-0.4, -0.2) is 12.4 Å². The van der Waals surface area contributed by atoms with Crippen molar-refractivity contribution >= 4 is 37.6 Å². The largest absolute Gasteiger partial charge is 0.460 e. The van der Waals surface area contributed by atoms with Crippen molar-refractivity contribution in [2.75, 3.05) is 7.11 Å². The molecule has 42 valence electrons. The van der Waals surface area contributed by atoms with Gasteiger partial charge in [0.1, 0.15) is 0 Å². The molecule has 0 heterocycles. The van der Waals surface area contributed by atoms with Crippen LogP contribution in [0.1, 0.15) is 0 Å². The van der Waals surface area contributed by atoms with Crippen LogP contribution in [0.3, 0.4) is 0 Å². The fourth-order valence-corrected chi connectivity index (χ4v) is 1.13. The Morgan fingerprint density at radius 2 is 2.43 bits per heavy atom. The molecule has 0 unspecified atom stereocenters. The minimum atomic E-state index is -0.319. The van der Waals surface area contributed by atoms with E-state index >= 15 is 0 Å². The molecule has 0 bridgehead atoms. The van der Waals surface area contributed by atoms with Crippen LogP contribution in [0, 0.1) is 0 Å². The molecule has 2 nitrogen and oxygen atoms in total. The summed E-state index contributed by atoms with van der Waals surface area (Å²) in [6, 6.07) is 0. The maximum Gasteiger partial charge on any atom is 0.378 e. The number of carbonyl (C=O) groups excluding carboxylic acids is 1. The topological polar surface area (TPSA) is 26.3 Å². The van der Waals surface area contributed by atoms with Crippen LogP contribution in [0.4, 0.5) is 4.79 Å². The van der Waals surface area contributed by atoms with Gasteiger partial charge in [-0.3, -0.25) is 0 Å². The maximum atomic E-state index is 10.1. The molecule has 0 radical (unpaired) electrons. The highest BCUT2D eigenvalue weighted by atomic mass is 33.5. The molecular formula is C2H4O2S3. The number of hydrogen-bond acceptors (Lipinski definition) is 5. The molecule has 0 aromatic carbocycles. The molecule has 7 heavy (non-hydrogen) atoms. The minimum Gasteiger partial charge on any atom is -0.460 e. The number of carbonyl (C=O) groups is 1. The maximum absolute atomic E-state index is 10.1. The molecule has 5 heteroatoms. The zero-order valence-electron chi connectivity index (χ0n) is 3.58. The first-order valence-electron chi connectivity index (χ1n) is 1.37. The Kier molecular flexibility index (Phi) is 5.02. The second-order valence-corrected chi connectivity index (χ2v) is 3.55. The van der Waals surface area contributed by atoms with E-state index in [-0.39, 0.29) is 5.30 Å². The monoisotopic (exact) mass is 156 g/mol. The summed E-state index contributed by atoms with van der Waals surface area (Å²) in [5.74, 6) is 0.